The van der Waals surface area contributed by atoms with Gasteiger partial charge in [0.05, 0.1) is 31.6 Å². The minimum atomic E-state index is -3.88. The lowest BCUT2D eigenvalue weighted by atomic mass is 10.3. The number of benzene rings is 1. The van der Waals surface area contributed by atoms with Gasteiger partial charge in [-0.05, 0) is 24.3 Å². The number of sulfonamides is 1. The molecule has 41 heavy (non-hydrogen) atoms. The van der Waals surface area contributed by atoms with Crippen molar-refractivity contribution in [1.82, 2.24) is 33.7 Å². The molecule has 13 nitrogen and oxygen atoms in total. The Labute approximate surface area is 245 Å². The third-order valence-corrected chi connectivity index (χ3v) is 8.98. The van der Waals surface area contributed by atoms with Crippen LogP contribution in [0.2, 0.25) is 0 Å². The van der Waals surface area contributed by atoms with Crippen molar-refractivity contribution in [1.29, 1.82) is 0 Å². The topological polar surface area (TPSA) is 117 Å². The van der Waals surface area contributed by atoms with Crippen LogP contribution in [0.1, 0.15) is 0 Å². The van der Waals surface area contributed by atoms with Crippen molar-refractivity contribution in [2.45, 2.75) is 4.90 Å². The van der Waals surface area contributed by atoms with Gasteiger partial charge in [0.25, 0.3) is 0 Å². The smallest absolute Gasteiger partial charge is 0.243 e. The molecule has 232 valence electrons. The lowest BCUT2D eigenvalue weighted by molar-refractivity contribution is -0.132. The van der Waals surface area contributed by atoms with Crippen molar-refractivity contribution in [3.05, 3.63) is 24.3 Å². The van der Waals surface area contributed by atoms with E-state index in [1.54, 1.807) is 59.3 Å². The normalized spacial score (nSPS) is 17.2. The molecule has 1 heterocycles. The number of carbonyl (C=O) groups excluding carboxylic acids is 3. The fourth-order valence-corrected chi connectivity index (χ4v) is 5.55. The predicted molar refractivity (Wildman–Crippen MR) is 157 cm³/mol. The van der Waals surface area contributed by atoms with E-state index in [-0.39, 0.29) is 55.3 Å². The first-order valence-corrected chi connectivity index (χ1v) is 15.1. The fraction of sp³-hybridized carbons (Fsp3) is 0.667. The van der Waals surface area contributed by atoms with Crippen LogP contribution in [0.25, 0.3) is 0 Å². The summed E-state index contributed by atoms with van der Waals surface area (Å²) in [6.45, 7) is 3.34. The molecule has 2 rings (SSSR count). The van der Waals surface area contributed by atoms with Gasteiger partial charge in [-0.25, -0.2) is 8.42 Å². The van der Waals surface area contributed by atoms with Gasteiger partial charge in [-0.15, -0.1) is 0 Å². The third kappa shape index (κ3) is 10.9. The molecule has 1 aromatic rings. The average molecular weight is 598 g/mol. The maximum Gasteiger partial charge on any atom is 0.243 e. The number of likely N-dealkylation sites (N-methyl/N-ethyl adjacent to an activating group) is 3. The largest absolute Gasteiger partial charge is 0.497 e. The summed E-state index contributed by atoms with van der Waals surface area (Å²) in [6, 6.07) is 6.25. The average Bonchev–Trinajstić information content (AvgIpc) is 2.92. The summed E-state index contributed by atoms with van der Waals surface area (Å²) in [5.74, 6) is 0.328. The molecule has 1 aliphatic heterocycles. The predicted octanol–water partition coefficient (Wildman–Crippen LogP) is -1.13. The molecule has 0 spiro atoms. The van der Waals surface area contributed by atoms with E-state index < -0.39 is 10.0 Å². The fourth-order valence-electron chi connectivity index (χ4n) is 4.13. The standard InChI is InChI=1S/C27H47N7O6S/c1-28(2)25(35)20-31-12-14-32(21-26(36)29(3)4)16-18-34(19-17-33(15-13-31)22-27(37)30(5)6)41(38,39)24-10-8-23(40-7)9-11-24/h8-11H,12-22H2,1-7H3. The molecule has 0 bridgehead atoms. The third-order valence-electron chi connectivity index (χ3n) is 7.07. The van der Waals surface area contributed by atoms with Crippen LogP contribution < -0.4 is 4.74 Å². The van der Waals surface area contributed by atoms with E-state index in [0.29, 0.717) is 45.0 Å². The summed E-state index contributed by atoms with van der Waals surface area (Å²) in [5, 5.41) is 0. The Kier molecular flexibility index (Phi) is 13.4. The van der Waals surface area contributed by atoms with E-state index in [1.807, 2.05) is 14.7 Å². The zero-order chi connectivity index (χ0) is 30.7. The first-order valence-electron chi connectivity index (χ1n) is 13.7. The Hall–Kier alpha value is -2.78. The van der Waals surface area contributed by atoms with Gasteiger partial charge in [0.15, 0.2) is 0 Å². The molecule has 0 aliphatic carbocycles. The Morgan fingerprint density at radius 1 is 0.634 bits per heavy atom. The van der Waals surface area contributed by atoms with Gasteiger partial charge < -0.3 is 19.4 Å². The molecule has 1 aliphatic rings. The minimum absolute atomic E-state index is 0.0410. The molecule has 1 saturated heterocycles. The van der Waals surface area contributed by atoms with Gasteiger partial charge in [-0.3, -0.25) is 29.1 Å². The summed E-state index contributed by atoms with van der Waals surface area (Å²) >= 11 is 0. The zero-order valence-corrected chi connectivity index (χ0v) is 26.4. The van der Waals surface area contributed by atoms with Crippen molar-refractivity contribution in [3.63, 3.8) is 0 Å². The molecular formula is C27H47N7O6S. The molecule has 3 amide bonds. The van der Waals surface area contributed by atoms with Gasteiger partial charge in [-0.2, -0.15) is 4.31 Å². The quantitative estimate of drug-likeness (QED) is 0.349. The van der Waals surface area contributed by atoms with Crippen molar-refractivity contribution in [2.75, 3.05) is 121 Å². The highest BCUT2D eigenvalue weighted by molar-refractivity contribution is 7.89. The molecule has 1 aromatic carbocycles. The van der Waals surface area contributed by atoms with Crippen molar-refractivity contribution in [2.24, 2.45) is 0 Å². The van der Waals surface area contributed by atoms with E-state index in [9.17, 15) is 22.8 Å². The van der Waals surface area contributed by atoms with E-state index in [1.165, 1.54) is 33.3 Å². The summed E-state index contributed by atoms with van der Waals surface area (Å²) in [7, 11) is 7.80. The number of methoxy groups -OCH3 is 1. The minimum Gasteiger partial charge on any atom is -0.497 e. The number of amides is 3. The maximum absolute atomic E-state index is 13.8. The Balaban J connectivity index is 2.39. The number of nitrogens with zero attached hydrogens (tertiary/aromatic N) is 7. The van der Waals surface area contributed by atoms with Gasteiger partial charge in [-0.1, -0.05) is 0 Å². The first-order chi connectivity index (χ1) is 19.2. The van der Waals surface area contributed by atoms with Gasteiger partial charge in [0.1, 0.15) is 5.75 Å². The SMILES string of the molecule is COc1ccc(S(=O)(=O)N2CCN(CC(=O)N(C)C)CCN(CC(=O)N(C)C)CCN(CC(=O)N(C)C)CC2)cc1. The second-order valence-corrected chi connectivity index (χ2v) is 12.7. The lowest BCUT2D eigenvalue weighted by Gasteiger charge is -2.34. The number of rotatable bonds is 9. The van der Waals surface area contributed by atoms with Crippen LogP contribution >= 0.6 is 0 Å². The summed E-state index contributed by atoms with van der Waals surface area (Å²) < 4.78 is 34.1. The number of hydrogen-bond donors (Lipinski definition) is 0. The Morgan fingerprint density at radius 3 is 1.24 bits per heavy atom. The second-order valence-electron chi connectivity index (χ2n) is 10.8. The molecule has 0 radical (unpaired) electrons. The Morgan fingerprint density at radius 2 is 0.951 bits per heavy atom. The highest BCUT2D eigenvalue weighted by Crippen LogP contribution is 2.20. The molecule has 14 heteroatoms. The van der Waals surface area contributed by atoms with Crippen LogP contribution in [0.5, 0.6) is 5.75 Å². The van der Waals surface area contributed by atoms with Crippen LogP contribution in [0.15, 0.2) is 29.2 Å². The molecule has 0 unspecified atom stereocenters. The van der Waals surface area contributed by atoms with E-state index in [0.717, 1.165) is 0 Å². The van der Waals surface area contributed by atoms with Gasteiger partial charge >= 0.3 is 0 Å². The molecule has 0 aromatic heterocycles. The van der Waals surface area contributed by atoms with Gasteiger partial charge in [0.2, 0.25) is 27.7 Å². The van der Waals surface area contributed by atoms with Crippen LogP contribution in [-0.4, -0.2) is 181 Å². The number of hydrogen-bond acceptors (Lipinski definition) is 9. The molecule has 0 N–H and O–H groups in total. The second kappa shape index (κ2) is 16.0. The molecule has 0 saturated carbocycles. The number of carbonyl (C=O) groups is 3. The maximum atomic E-state index is 13.8. The van der Waals surface area contributed by atoms with Gasteiger partial charge in [0, 0.05) is 94.6 Å². The lowest BCUT2D eigenvalue weighted by Crippen LogP contribution is -2.51. The summed E-state index contributed by atoms with van der Waals surface area (Å²) in [4.78, 5) is 48.4. The first kappa shape index (κ1) is 34.4. The zero-order valence-electron chi connectivity index (χ0n) is 25.6. The molecular weight excluding hydrogens is 550 g/mol. The van der Waals surface area contributed by atoms with E-state index >= 15 is 0 Å². The van der Waals surface area contributed by atoms with Crippen LogP contribution in [0.4, 0.5) is 0 Å². The Bertz CT molecular complexity index is 1070. The van der Waals surface area contributed by atoms with Crippen LogP contribution in [-0.2, 0) is 24.4 Å². The highest BCUT2D eigenvalue weighted by Gasteiger charge is 2.28. The molecule has 0 atom stereocenters. The van der Waals surface area contributed by atoms with E-state index in [2.05, 4.69) is 0 Å². The van der Waals surface area contributed by atoms with Crippen molar-refractivity contribution < 1.29 is 27.5 Å². The monoisotopic (exact) mass is 597 g/mol. The molecule has 1 fully saturated rings. The highest BCUT2D eigenvalue weighted by atomic mass is 32.2. The summed E-state index contributed by atoms with van der Waals surface area (Å²) in [5.41, 5.74) is 0. The van der Waals surface area contributed by atoms with Crippen molar-refractivity contribution >= 4 is 27.7 Å². The number of ether oxygens (including phenoxy) is 1. The van der Waals surface area contributed by atoms with E-state index in [4.69, 9.17) is 4.74 Å². The van der Waals surface area contributed by atoms with Crippen LogP contribution in [0, 0.1) is 0 Å². The van der Waals surface area contributed by atoms with Crippen molar-refractivity contribution in [3.8, 4) is 5.75 Å². The summed E-state index contributed by atoms with van der Waals surface area (Å²) in [6.07, 6.45) is 0. The van der Waals surface area contributed by atoms with Crippen LogP contribution in [0.3, 0.4) is 0 Å².